The Morgan fingerprint density at radius 3 is 2.16 bits per heavy atom. The lowest BCUT2D eigenvalue weighted by molar-refractivity contribution is -0.134. The molecule has 2 aliphatic rings. The van der Waals surface area contributed by atoms with Crippen LogP contribution in [0.4, 0.5) is 0 Å². The molecular formula is C26H21ClN2O2. The SMILES string of the molecule is O=C(c1ccccc1)N1C(=O)[C@@H](/C(=C/Cl)c2ccccc2)[C@@H]2c3ccccc3CCN21. The number of benzene rings is 3. The molecule has 2 heterocycles. The van der Waals surface area contributed by atoms with Gasteiger partial charge in [0.2, 0.25) is 0 Å². The van der Waals surface area contributed by atoms with Crippen molar-refractivity contribution in [3.63, 3.8) is 0 Å². The average Bonchev–Trinajstić information content (AvgIpc) is 3.13. The van der Waals surface area contributed by atoms with Crippen LogP contribution in [0.1, 0.15) is 33.1 Å². The number of hydrogen-bond donors (Lipinski definition) is 0. The van der Waals surface area contributed by atoms with Crippen LogP contribution in [0.2, 0.25) is 0 Å². The Bertz CT molecular complexity index is 1160. The molecule has 5 rings (SSSR count). The molecule has 2 amide bonds. The van der Waals surface area contributed by atoms with Crippen LogP contribution in [0, 0.1) is 5.92 Å². The quantitative estimate of drug-likeness (QED) is 0.546. The highest BCUT2D eigenvalue weighted by Crippen LogP contribution is 2.48. The summed E-state index contributed by atoms with van der Waals surface area (Å²) in [6.07, 6.45) is 0.774. The predicted octanol–water partition coefficient (Wildman–Crippen LogP) is 5.08. The highest BCUT2D eigenvalue weighted by molar-refractivity contribution is 6.29. The van der Waals surface area contributed by atoms with E-state index in [9.17, 15) is 9.59 Å². The Hall–Kier alpha value is -3.21. The number of hydrazine groups is 1. The molecule has 0 radical (unpaired) electrons. The van der Waals surface area contributed by atoms with Crippen LogP contribution in [0.3, 0.4) is 0 Å². The average molecular weight is 429 g/mol. The van der Waals surface area contributed by atoms with Crippen molar-refractivity contribution in [1.82, 2.24) is 10.0 Å². The van der Waals surface area contributed by atoms with Crippen LogP contribution in [-0.2, 0) is 11.2 Å². The first-order valence-electron chi connectivity index (χ1n) is 10.3. The number of imide groups is 1. The minimum Gasteiger partial charge on any atom is -0.272 e. The van der Waals surface area contributed by atoms with E-state index >= 15 is 0 Å². The van der Waals surface area contributed by atoms with E-state index in [2.05, 4.69) is 12.1 Å². The van der Waals surface area contributed by atoms with Crippen molar-refractivity contribution in [1.29, 1.82) is 0 Å². The summed E-state index contributed by atoms with van der Waals surface area (Å²) in [6.45, 7) is 0.590. The molecule has 31 heavy (non-hydrogen) atoms. The van der Waals surface area contributed by atoms with Gasteiger partial charge in [-0.05, 0) is 40.8 Å². The molecule has 2 atom stereocenters. The molecular weight excluding hydrogens is 408 g/mol. The van der Waals surface area contributed by atoms with Crippen LogP contribution >= 0.6 is 11.6 Å². The van der Waals surface area contributed by atoms with Gasteiger partial charge in [-0.3, -0.25) is 9.59 Å². The Balaban J connectivity index is 1.65. The fourth-order valence-corrected chi connectivity index (χ4v) is 4.98. The third-order valence-corrected chi connectivity index (χ3v) is 6.36. The number of hydrogen-bond acceptors (Lipinski definition) is 3. The highest BCUT2D eigenvalue weighted by atomic mass is 35.5. The summed E-state index contributed by atoms with van der Waals surface area (Å²) in [5.41, 5.74) is 5.87. The smallest absolute Gasteiger partial charge is 0.272 e. The summed E-state index contributed by atoms with van der Waals surface area (Å²) < 4.78 is 0. The summed E-state index contributed by atoms with van der Waals surface area (Å²) in [5, 5.41) is 3.26. The zero-order valence-electron chi connectivity index (χ0n) is 16.8. The maximum atomic E-state index is 13.8. The summed E-state index contributed by atoms with van der Waals surface area (Å²) in [5.74, 6) is -1.13. The number of fused-ring (bicyclic) bond motifs is 3. The molecule has 3 aromatic rings. The normalized spacial score (nSPS) is 21.0. The molecule has 0 N–H and O–H groups in total. The van der Waals surface area contributed by atoms with Gasteiger partial charge in [0.25, 0.3) is 11.8 Å². The summed E-state index contributed by atoms with van der Waals surface area (Å²) in [7, 11) is 0. The summed E-state index contributed by atoms with van der Waals surface area (Å²) >= 11 is 6.31. The molecule has 1 saturated heterocycles. The van der Waals surface area contributed by atoms with Crippen molar-refractivity contribution in [3.8, 4) is 0 Å². The van der Waals surface area contributed by atoms with E-state index < -0.39 is 5.92 Å². The van der Waals surface area contributed by atoms with Gasteiger partial charge in [0.05, 0.1) is 12.0 Å². The second-order valence-electron chi connectivity index (χ2n) is 7.79. The second-order valence-corrected chi connectivity index (χ2v) is 8.00. The second kappa shape index (κ2) is 8.14. The number of rotatable bonds is 3. The van der Waals surface area contributed by atoms with Gasteiger partial charge in [-0.25, -0.2) is 10.0 Å². The molecule has 4 nitrogen and oxygen atoms in total. The zero-order valence-corrected chi connectivity index (χ0v) is 17.6. The van der Waals surface area contributed by atoms with Gasteiger partial charge in [-0.2, -0.15) is 0 Å². The number of amides is 2. The van der Waals surface area contributed by atoms with E-state index in [1.165, 1.54) is 16.1 Å². The zero-order chi connectivity index (χ0) is 21.4. The molecule has 1 fully saturated rings. The minimum atomic E-state index is -0.575. The monoisotopic (exact) mass is 428 g/mol. The first-order valence-corrected chi connectivity index (χ1v) is 10.8. The van der Waals surface area contributed by atoms with Gasteiger partial charge >= 0.3 is 0 Å². The van der Waals surface area contributed by atoms with E-state index in [4.69, 9.17) is 11.6 Å². The van der Waals surface area contributed by atoms with Crippen molar-refractivity contribution in [2.75, 3.05) is 6.54 Å². The van der Waals surface area contributed by atoms with Crippen molar-refractivity contribution in [3.05, 3.63) is 113 Å². The maximum absolute atomic E-state index is 13.8. The summed E-state index contributed by atoms with van der Waals surface area (Å²) in [4.78, 5) is 27.3. The van der Waals surface area contributed by atoms with E-state index in [1.54, 1.807) is 12.1 Å². The molecule has 0 spiro atoms. The topological polar surface area (TPSA) is 40.6 Å². The Morgan fingerprint density at radius 2 is 1.48 bits per heavy atom. The van der Waals surface area contributed by atoms with Crippen molar-refractivity contribution < 1.29 is 9.59 Å². The number of carbonyl (C=O) groups is 2. The van der Waals surface area contributed by atoms with Gasteiger partial charge in [0, 0.05) is 17.6 Å². The third-order valence-electron chi connectivity index (χ3n) is 6.13. The number of nitrogens with zero attached hydrogens (tertiary/aromatic N) is 2. The Morgan fingerprint density at radius 1 is 0.871 bits per heavy atom. The molecule has 3 aromatic carbocycles. The Kier molecular flexibility index (Phi) is 5.18. The van der Waals surface area contributed by atoms with E-state index in [1.807, 2.05) is 65.7 Å². The molecule has 0 bridgehead atoms. The van der Waals surface area contributed by atoms with Crippen LogP contribution < -0.4 is 0 Å². The molecule has 5 heteroatoms. The lowest BCUT2D eigenvalue weighted by Gasteiger charge is -2.36. The maximum Gasteiger partial charge on any atom is 0.275 e. The fourth-order valence-electron chi connectivity index (χ4n) is 4.72. The fraction of sp³-hybridized carbons (Fsp3) is 0.154. The van der Waals surface area contributed by atoms with Crippen LogP contribution in [0.5, 0.6) is 0 Å². The van der Waals surface area contributed by atoms with Gasteiger partial charge in [-0.15, -0.1) is 0 Å². The predicted molar refractivity (Wildman–Crippen MR) is 121 cm³/mol. The van der Waals surface area contributed by atoms with Crippen molar-refractivity contribution >= 4 is 29.0 Å². The van der Waals surface area contributed by atoms with E-state index in [-0.39, 0.29) is 17.9 Å². The first kappa shape index (κ1) is 19.7. The molecule has 0 saturated carbocycles. The van der Waals surface area contributed by atoms with E-state index in [0.29, 0.717) is 12.1 Å². The van der Waals surface area contributed by atoms with Gasteiger partial charge in [-0.1, -0.05) is 84.4 Å². The standard InChI is InChI=1S/C26H21ClN2O2/c27-17-22(18-9-3-1-4-10-18)23-24-21-14-8-7-11-19(21)15-16-28(24)29(26(23)31)25(30)20-12-5-2-6-13-20/h1-14,17,23-24H,15-16H2/b22-17+/t23-,24-/m0/s1. The lowest BCUT2D eigenvalue weighted by Crippen LogP contribution is -2.46. The van der Waals surface area contributed by atoms with Crippen molar-refractivity contribution in [2.24, 2.45) is 5.92 Å². The van der Waals surface area contributed by atoms with Gasteiger partial charge < -0.3 is 0 Å². The highest BCUT2D eigenvalue weighted by Gasteiger charge is 2.53. The van der Waals surface area contributed by atoms with Gasteiger partial charge in [0.15, 0.2) is 0 Å². The minimum absolute atomic E-state index is 0.244. The molecule has 0 aliphatic carbocycles. The number of carbonyl (C=O) groups excluding carboxylic acids is 2. The first-order chi connectivity index (χ1) is 15.2. The number of halogens is 1. The molecule has 0 unspecified atom stereocenters. The van der Waals surface area contributed by atoms with Crippen LogP contribution in [0.25, 0.3) is 5.57 Å². The third kappa shape index (κ3) is 3.29. The van der Waals surface area contributed by atoms with E-state index in [0.717, 1.165) is 23.1 Å². The van der Waals surface area contributed by atoms with Crippen LogP contribution in [0.15, 0.2) is 90.5 Å². The summed E-state index contributed by atoms with van der Waals surface area (Å²) in [6, 6.07) is 26.5. The molecule has 2 aliphatic heterocycles. The van der Waals surface area contributed by atoms with Crippen molar-refractivity contribution in [2.45, 2.75) is 12.5 Å². The lowest BCUT2D eigenvalue weighted by atomic mass is 9.81. The van der Waals surface area contributed by atoms with Gasteiger partial charge in [0.1, 0.15) is 0 Å². The molecule has 0 aromatic heterocycles. The van der Waals surface area contributed by atoms with Crippen LogP contribution in [-0.4, -0.2) is 28.4 Å². The Labute approximate surface area is 186 Å². The molecule has 154 valence electrons. The largest absolute Gasteiger partial charge is 0.275 e.